The summed E-state index contributed by atoms with van der Waals surface area (Å²) in [6.45, 7) is 6.94. The number of carboxylic acids is 1. The highest BCUT2D eigenvalue weighted by atomic mass is 16.5. The standard InChI is InChI=1S/C32H43N7O4/c1-3-5-25-29(34-18-27(31(40)41)38-32(42)43-19-22-9-7-21(2)8-10-22)35-20-36-30(25)39-16-13-23(14-17-39)26-12-11-24-6-4-15-33-28(24)37-26/h7,9-12,20-21,23,27H,3-6,8,13-19H2,1-2H3,(H,33,37)(H,38,42)(H,40,41)(H,34,35,36)/t21?,27-/m0/s1. The molecule has 2 aromatic heterocycles. The van der Waals surface area contributed by atoms with Crippen molar-refractivity contribution in [1.29, 1.82) is 0 Å². The molecular weight excluding hydrogens is 546 g/mol. The van der Waals surface area contributed by atoms with E-state index in [1.165, 1.54) is 11.9 Å². The second-order valence-electron chi connectivity index (χ2n) is 11.7. The number of hydrogen-bond acceptors (Lipinski definition) is 9. The summed E-state index contributed by atoms with van der Waals surface area (Å²) in [5, 5.41) is 18.9. The molecule has 2 aliphatic heterocycles. The number of pyridine rings is 1. The lowest BCUT2D eigenvalue weighted by Gasteiger charge is -2.34. The number of allylic oxidation sites excluding steroid dienone is 2. The van der Waals surface area contributed by atoms with Crippen molar-refractivity contribution in [2.75, 3.05) is 48.3 Å². The van der Waals surface area contributed by atoms with Crippen molar-refractivity contribution in [3.8, 4) is 0 Å². The summed E-state index contributed by atoms with van der Waals surface area (Å²) in [7, 11) is 0. The number of aliphatic carboxylic acids is 1. The molecule has 1 aliphatic carbocycles. The van der Waals surface area contributed by atoms with Gasteiger partial charge in [-0.15, -0.1) is 0 Å². The van der Waals surface area contributed by atoms with Crippen LogP contribution in [0.3, 0.4) is 0 Å². The molecule has 11 nitrogen and oxygen atoms in total. The molecule has 0 spiro atoms. The third-order valence-corrected chi connectivity index (χ3v) is 8.38. The molecule has 2 aromatic rings. The maximum atomic E-state index is 12.4. The monoisotopic (exact) mass is 589 g/mol. The van der Waals surface area contributed by atoms with Gasteiger partial charge in [0.25, 0.3) is 0 Å². The quantitative estimate of drug-likeness (QED) is 0.292. The van der Waals surface area contributed by atoms with Crippen LogP contribution in [0.1, 0.15) is 68.7 Å². The highest BCUT2D eigenvalue weighted by molar-refractivity contribution is 5.80. The Kier molecular flexibility index (Phi) is 10.1. The van der Waals surface area contributed by atoms with Crippen LogP contribution in [-0.4, -0.2) is 70.9 Å². The van der Waals surface area contributed by atoms with Crippen LogP contribution in [0.5, 0.6) is 0 Å². The molecule has 0 aromatic carbocycles. The van der Waals surface area contributed by atoms with Gasteiger partial charge in [-0.05, 0) is 61.6 Å². The highest BCUT2D eigenvalue weighted by Crippen LogP contribution is 2.33. The van der Waals surface area contributed by atoms with E-state index in [2.05, 4.69) is 62.9 Å². The molecule has 0 radical (unpaired) electrons. The van der Waals surface area contributed by atoms with E-state index in [0.717, 1.165) is 93.0 Å². The first-order valence-electron chi connectivity index (χ1n) is 15.5. The van der Waals surface area contributed by atoms with Gasteiger partial charge in [0.05, 0.1) is 0 Å². The van der Waals surface area contributed by atoms with Crippen molar-refractivity contribution in [2.45, 2.75) is 70.8 Å². The summed E-state index contributed by atoms with van der Waals surface area (Å²) in [6.07, 6.45) is 13.5. The number of alkyl carbamates (subject to hydrolysis) is 1. The van der Waals surface area contributed by atoms with E-state index in [4.69, 9.17) is 9.72 Å². The summed E-state index contributed by atoms with van der Waals surface area (Å²) in [4.78, 5) is 40.7. The molecule has 0 saturated carbocycles. The normalized spacial score (nSPS) is 19.1. The number of carbonyl (C=O) groups excluding carboxylic acids is 1. The number of piperidine rings is 1. The van der Waals surface area contributed by atoms with Gasteiger partial charge in [-0.2, -0.15) is 0 Å². The number of amides is 1. The van der Waals surface area contributed by atoms with Crippen molar-refractivity contribution in [2.24, 2.45) is 5.92 Å². The fraction of sp³-hybridized carbons (Fsp3) is 0.531. The number of aromatic nitrogens is 3. The fourth-order valence-corrected chi connectivity index (χ4v) is 5.88. The molecule has 11 heteroatoms. The number of rotatable bonds is 11. The van der Waals surface area contributed by atoms with Gasteiger partial charge < -0.3 is 30.7 Å². The van der Waals surface area contributed by atoms with Crippen molar-refractivity contribution < 1.29 is 19.4 Å². The van der Waals surface area contributed by atoms with Crippen molar-refractivity contribution in [3.63, 3.8) is 0 Å². The molecule has 1 amide bonds. The Labute approximate surface area is 253 Å². The SMILES string of the molecule is CCCc1c(NC[C@H](NC(=O)OCC2=CCC(C)C=C2)C(=O)O)ncnc1N1CCC(c2ccc3c(n2)NCCC3)CC1. The number of nitrogens with zero attached hydrogens (tertiary/aromatic N) is 4. The number of carboxylic acid groups (broad SMARTS) is 1. The third kappa shape index (κ3) is 7.82. The zero-order valence-electron chi connectivity index (χ0n) is 25.1. The number of nitrogens with one attached hydrogen (secondary N) is 3. The van der Waals surface area contributed by atoms with Gasteiger partial charge in [0.1, 0.15) is 36.4 Å². The van der Waals surface area contributed by atoms with E-state index in [-0.39, 0.29) is 13.2 Å². The van der Waals surface area contributed by atoms with E-state index in [0.29, 0.717) is 17.7 Å². The summed E-state index contributed by atoms with van der Waals surface area (Å²) in [6, 6.07) is 3.23. The Balaban J connectivity index is 1.19. The van der Waals surface area contributed by atoms with E-state index < -0.39 is 18.1 Å². The average Bonchev–Trinajstić information content (AvgIpc) is 3.03. The minimum Gasteiger partial charge on any atom is -0.480 e. The van der Waals surface area contributed by atoms with E-state index in [9.17, 15) is 14.7 Å². The zero-order valence-corrected chi connectivity index (χ0v) is 25.1. The predicted molar refractivity (Wildman–Crippen MR) is 167 cm³/mol. The van der Waals surface area contributed by atoms with Crippen LogP contribution in [-0.2, 0) is 22.4 Å². The first-order valence-corrected chi connectivity index (χ1v) is 15.5. The van der Waals surface area contributed by atoms with Gasteiger partial charge in [0.2, 0.25) is 0 Å². The van der Waals surface area contributed by atoms with E-state index in [1.807, 2.05) is 12.2 Å². The zero-order chi connectivity index (χ0) is 30.2. The Morgan fingerprint density at radius 2 is 2.07 bits per heavy atom. The van der Waals surface area contributed by atoms with E-state index in [1.54, 1.807) is 0 Å². The van der Waals surface area contributed by atoms with Crippen LogP contribution in [0, 0.1) is 5.92 Å². The van der Waals surface area contributed by atoms with Crippen molar-refractivity contribution in [1.82, 2.24) is 20.3 Å². The second-order valence-corrected chi connectivity index (χ2v) is 11.7. The molecule has 4 N–H and O–H groups in total. The second kappa shape index (κ2) is 14.3. The van der Waals surface area contributed by atoms with Crippen LogP contribution in [0.2, 0.25) is 0 Å². The summed E-state index contributed by atoms with van der Waals surface area (Å²) < 4.78 is 5.28. The molecule has 43 heavy (non-hydrogen) atoms. The van der Waals surface area contributed by atoms with Gasteiger partial charge in [-0.1, -0.05) is 44.6 Å². The van der Waals surface area contributed by atoms with Gasteiger partial charge in [0, 0.05) is 43.4 Å². The van der Waals surface area contributed by atoms with Crippen LogP contribution in [0.15, 0.2) is 42.3 Å². The van der Waals surface area contributed by atoms with Crippen molar-refractivity contribution >= 4 is 29.5 Å². The average molecular weight is 590 g/mol. The lowest BCUT2D eigenvalue weighted by Crippen LogP contribution is -2.45. The number of fused-ring (bicyclic) bond motifs is 1. The van der Waals surface area contributed by atoms with E-state index >= 15 is 0 Å². The highest BCUT2D eigenvalue weighted by Gasteiger charge is 2.27. The van der Waals surface area contributed by atoms with Gasteiger partial charge in [-0.25, -0.2) is 24.5 Å². The molecule has 0 bridgehead atoms. The number of ether oxygens (including phenoxy) is 1. The third-order valence-electron chi connectivity index (χ3n) is 8.38. The lowest BCUT2D eigenvalue weighted by molar-refractivity contribution is -0.138. The van der Waals surface area contributed by atoms with Gasteiger partial charge >= 0.3 is 12.1 Å². The van der Waals surface area contributed by atoms with Crippen LogP contribution in [0.25, 0.3) is 0 Å². The largest absolute Gasteiger partial charge is 0.480 e. The maximum Gasteiger partial charge on any atom is 0.408 e. The number of anilines is 3. The molecule has 3 aliphatic rings. The number of aryl methyl sites for hydroxylation is 1. The number of hydrogen-bond donors (Lipinski definition) is 4. The molecule has 1 saturated heterocycles. The Hall–Kier alpha value is -4.15. The van der Waals surface area contributed by atoms with Crippen LogP contribution in [0.4, 0.5) is 22.2 Å². The van der Waals surface area contributed by atoms with Crippen molar-refractivity contribution in [3.05, 3.63) is 59.1 Å². The Morgan fingerprint density at radius 3 is 2.81 bits per heavy atom. The number of carbonyl (C=O) groups is 2. The van der Waals surface area contributed by atoms with Crippen LogP contribution >= 0.6 is 0 Å². The minimum atomic E-state index is -1.19. The predicted octanol–water partition coefficient (Wildman–Crippen LogP) is 4.68. The molecule has 1 fully saturated rings. The minimum absolute atomic E-state index is 0.0438. The molecular formula is C32H43N7O4. The van der Waals surface area contributed by atoms with Gasteiger partial charge in [-0.3, -0.25) is 0 Å². The summed E-state index contributed by atoms with van der Waals surface area (Å²) in [5.41, 5.74) is 4.31. The first kappa shape index (κ1) is 30.3. The lowest BCUT2D eigenvalue weighted by atomic mass is 9.92. The molecule has 2 atom stereocenters. The first-order chi connectivity index (χ1) is 20.9. The molecule has 1 unspecified atom stereocenters. The maximum absolute atomic E-state index is 12.4. The Morgan fingerprint density at radius 1 is 1.23 bits per heavy atom. The van der Waals surface area contributed by atoms with Gasteiger partial charge in [0.15, 0.2) is 0 Å². The molecule has 5 rings (SSSR count). The van der Waals surface area contributed by atoms with Crippen LogP contribution < -0.4 is 20.9 Å². The fourth-order valence-electron chi connectivity index (χ4n) is 5.88. The smallest absolute Gasteiger partial charge is 0.408 e. The summed E-state index contributed by atoms with van der Waals surface area (Å²) in [5.74, 6) is 2.20. The topological polar surface area (TPSA) is 142 Å². The molecule has 230 valence electrons. The molecule has 4 heterocycles. The Bertz CT molecular complexity index is 1350. The summed E-state index contributed by atoms with van der Waals surface area (Å²) >= 11 is 0.